The van der Waals surface area contributed by atoms with Crippen molar-refractivity contribution in [1.82, 2.24) is 15.3 Å². The van der Waals surface area contributed by atoms with Crippen LogP contribution in [0.4, 0.5) is 5.82 Å². The third-order valence-electron chi connectivity index (χ3n) is 4.20. The number of hydrogen-bond donors (Lipinski definition) is 2. The maximum absolute atomic E-state index is 12.7. The number of nitrogens with zero attached hydrogens (tertiary/aromatic N) is 3. The van der Waals surface area contributed by atoms with E-state index in [-0.39, 0.29) is 19.1 Å². The van der Waals surface area contributed by atoms with Gasteiger partial charge in [0, 0.05) is 6.54 Å². The average molecular weight is 376 g/mol. The van der Waals surface area contributed by atoms with Gasteiger partial charge in [0.15, 0.2) is 6.04 Å². The molecule has 1 aliphatic rings. The molecule has 0 radical (unpaired) electrons. The van der Waals surface area contributed by atoms with Crippen molar-refractivity contribution in [2.24, 2.45) is 0 Å². The van der Waals surface area contributed by atoms with Crippen LogP contribution in [0.25, 0.3) is 10.2 Å². The minimum atomic E-state index is -1.13. The summed E-state index contributed by atoms with van der Waals surface area (Å²) < 4.78 is 5.18. The van der Waals surface area contributed by atoms with Crippen LogP contribution in [0.3, 0.4) is 0 Å². The van der Waals surface area contributed by atoms with Crippen molar-refractivity contribution in [2.45, 2.75) is 24.9 Å². The minimum absolute atomic E-state index is 0.109. The lowest BCUT2D eigenvalue weighted by Gasteiger charge is -2.26. The van der Waals surface area contributed by atoms with E-state index in [0.29, 0.717) is 18.8 Å². The first-order chi connectivity index (χ1) is 12.6. The molecule has 2 N–H and O–H groups in total. The number of ether oxygens (including phenoxy) is 1. The first-order valence-corrected chi connectivity index (χ1v) is 9.16. The van der Waals surface area contributed by atoms with Crippen molar-refractivity contribution in [3.63, 3.8) is 0 Å². The Morgan fingerprint density at radius 2 is 2.38 bits per heavy atom. The molecule has 1 saturated heterocycles. The highest BCUT2D eigenvalue weighted by Gasteiger charge is 2.34. The van der Waals surface area contributed by atoms with Crippen LogP contribution < -0.4 is 10.2 Å². The van der Waals surface area contributed by atoms with Gasteiger partial charge in [-0.15, -0.1) is 17.9 Å². The van der Waals surface area contributed by atoms with Gasteiger partial charge in [0.25, 0.3) is 0 Å². The van der Waals surface area contributed by atoms with Crippen LogP contribution in [0.1, 0.15) is 12.8 Å². The molecule has 3 rings (SSSR count). The fourth-order valence-corrected chi connectivity index (χ4v) is 3.74. The van der Waals surface area contributed by atoms with Crippen LogP contribution >= 0.6 is 11.3 Å². The van der Waals surface area contributed by atoms with Gasteiger partial charge in [0.1, 0.15) is 23.0 Å². The van der Waals surface area contributed by atoms with Crippen LogP contribution in [0.15, 0.2) is 30.4 Å². The van der Waals surface area contributed by atoms with E-state index in [1.165, 1.54) is 23.7 Å². The summed E-state index contributed by atoms with van der Waals surface area (Å²) in [6.07, 6.45) is 4.49. The van der Waals surface area contributed by atoms with Gasteiger partial charge in [-0.05, 0) is 24.3 Å². The number of thiophene rings is 1. The third kappa shape index (κ3) is 3.83. The van der Waals surface area contributed by atoms with Crippen molar-refractivity contribution in [3.05, 3.63) is 30.4 Å². The normalized spacial score (nSPS) is 18.0. The molecule has 8 nitrogen and oxygen atoms in total. The molecule has 0 aromatic carbocycles. The molecule has 0 bridgehead atoms. The largest absolute Gasteiger partial charge is 0.480 e. The lowest BCUT2D eigenvalue weighted by atomic mass is 10.2. The number of nitrogens with one attached hydrogen (secondary N) is 1. The molecular formula is C17H20N4O4S. The number of amides is 1. The van der Waals surface area contributed by atoms with Crippen LogP contribution in [-0.4, -0.2) is 58.8 Å². The summed E-state index contributed by atoms with van der Waals surface area (Å²) in [6.45, 7) is 4.32. The predicted octanol–water partition coefficient (Wildman–Crippen LogP) is 1.43. The zero-order chi connectivity index (χ0) is 18.5. The second kappa shape index (κ2) is 8.24. The summed E-state index contributed by atoms with van der Waals surface area (Å²) in [5.74, 6) is -0.753. The highest BCUT2D eigenvalue weighted by atomic mass is 32.1. The number of aliphatic carboxylic acids is 1. The summed E-state index contributed by atoms with van der Waals surface area (Å²) in [4.78, 5) is 35.5. The number of carboxylic acid groups (broad SMARTS) is 1. The molecule has 0 spiro atoms. The molecule has 1 fully saturated rings. The highest BCUT2D eigenvalue weighted by molar-refractivity contribution is 7.16. The lowest BCUT2D eigenvalue weighted by Crippen LogP contribution is -2.51. The summed E-state index contributed by atoms with van der Waals surface area (Å²) in [5, 5.41) is 14.7. The van der Waals surface area contributed by atoms with Crippen molar-refractivity contribution in [3.8, 4) is 0 Å². The Morgan fingerprint density at radius 1 is 1.54 bits per heavy atom. The molecule has 1 aliphatic heterocycles. The quantitative estimate of drug-likeness (QED) is 0.530. The van der Waals surface area contributed by atoms with E-state index >= 15 is 0 Å². The topological polar surface area (TPSA) is 105 Å². The summed E-state index contributed by atoms with van der Waals surface area (Å²) >= 11 is 1.52. The highest BCUT2D eigenvalue weighted by Crippen LogP contribution is 2.31. The molecule has 2 aromatic heterocycles. The maximum Gasteiger partial charge on any atom is 0.328 e. The summed E-state index contributed by atoms with van der Waals surface area (Å²) in [6, 6.07) is 0.372. The van der Waals surface area contributed by atoms with Crippen LogP contribution in [0.2, 0.25) is 0 Å². The molecule has 1 amide bonds. The van der Waals surface area contributed by atoms with Gasteiger partial charge < -0.3 is 20.1 Å². The molecule has 138 valence electrons. The zero-order valence-electron chi connectivity index (χ0n) is 14.1. The van der Waals surface area contributed by atoms with Gasteiger partial charge >= 0.3 is 5.97 Å². The van der Waals surface area contributed by atoms with Gasteiger partial charge in [-0.3, -0.25) is 4.79 Å². The number of aromatic nitrogens is 2. The van der Waals surface area contributed by atoms with E-state index in [4.69, 9.17) is 4.74 Å². The number of carbonyl (C=O) groups excluding carboxylic acids is 1. The van der Waals surface area contributed by atoms with E-state index in [1.807, 2.05) is 16.3 Å². The van der Waals surface area contributed by atoms with E-state index in [1.54, 1.807) is 0 Å². The van der Waals surface area contributed by atoms with Gasteiger partial charge in [0.05, 0.1) is 18.6 Å². The van der Waals surface area contributed by atoms with Crippen molar-refractivity contribution in [1.29, 1.82) is 0 Å². The number of rotatable bonds is 8. The van der Waals surface area contributed by atoms with E-state index < -0.39 is 18.1 Å². The second-order valence-electron chi connectivity index (χ2n) is 5.91. The number of anilines is 1. The van der Waals surface area contributed by atoms with Crippen LogP contribution in [0.5, 0.6) is 0 Å². The Bertz CT molecular complexity index is 809. The van der Waals surface area contributed by atoms with Crippen molar-refractivity contribution >= 4 is 39.2 Å². The maximum atomic E-state index is 12.7. The first-order valence-electron chi connectivity index (χ1n) is 8.28. The van der Waals surface area contributed by atoms with E-state index in [9.17, 15) is 14.7 Å². The molecule has 2 aromatic rings. The van der Waals surface area contributed by atoms with Crippen LogP contribution in [-0.2, 0) is 14.3 Å². The number of hydrogen-bond acceptors (Lipinski definition) is 7. The van der Waals surface area contributed by atoms with Crippen molar-refractivity contribution < 1.29 is 19.4 Å². The standard InChI is InChI=1S/C17H20N4O4S/c1-2-7-25-9-12(17(23)24)20-15(22)13-4-3-6-21(13)14-11-5-8-26-16(11)19-10-18-14/h2,5,8,10,12-13H,1,3-4,6-7,9H2,(H,20,22)(H,23,24). The number of carboxylic acids is 1. The van der Waals surface area contributed by atoms with Gasteiger partial charge in [-0.2, -0.15) is 0 Å². The smallest absolute Gasteiger partial charge is 0.328 e. The third-order valence-corrected chi connectivity index (χ3v) is 5.02. The van der Waals surface area contributed by atoms with Gasteiger partial charge in [-0.25, -0.2) is 14.8 Å². The predicted molar refractivity (Wildman–Crippen MR) is 98.4 cm³/mol. The first kappa shape index (κ1) is 18.3. The molecule has 0 aliphatic carbocycles. The number of carbonyl (C=O) groups is 2. The molecule has 0 saturated carbocycles. The molecule has 2 atom stereocenters. The molecule has 3 heterocycles. The second-order valence-corrected chi connectivity index (χ2v) is 6.81. The zero-order valence-corrected chi connectivity index (χ0v) is 14.9. The SMILES string of the molecule is C=CCOCC(NC(=O)C1CCCN1c1ncnc2sccc12)C(=O)O. The summed E-state index contributed by atoms with van der Waals surface area (Å²) in [5.41, 5.74) is 0. The summed E-state index contributed by atoms with van der Waals surface area (Å²) in [7, 11) is 0. The van der Waals surface area contributed by atoms with Gasteiger partial charge in [-0.1, -0.05) is 6.08 Å². The Kier molecular flexibility index (Phi) is 5.79. The fourth-order valence-electron chi connectivity index (χ4n) is 3.01. The van der Waals surface area contributed by atoms with Crippen LogP contribution in [0, 0.1) is 0 Å². The number of fused-ring (bicyclic) bond motifs is 1. The average Bonchev–Trinajstić information content (AvgIpc) is 3.29. The Morgan fingerprint density at radius 3 is 3.15 bits per heavy atom. The molecular weight excluding hydrogens is 356 g/mol. The van der Waals surface area contributed by atoms with Crippen molar-refractivity contribution in [2.75, 3.05) is 24.7 Å². The molecule has 2 unspecified atom stereocenters. The molecule has 9 heteroatoms. The minimum Gasteiger partial charge on any atom is -0.480 e. The molecule has 26 heavy (non-hydrogen) atoms. The fraction of sp³-hybridized carbons (Fsp3) is 0.412. The Labute approximate surface area is 154 Å². The van der Waals surface area contributed by atoms with Gasteiger partial charge in [0.2, 0.25) is 5.91 Å². The Balaban J connectivity index is 1.74. The van der Waals surface area contributed by atoms with E-state index in [2.05, 4.69) is 21.9 Å². The Hall–Kier alpha value is -2.52. The lowest BCUT2D eigenvalue weighted by molar-refractivity contribution is -0.143. The van der Waals surface area contributed by atoms with E-state index in [0.717, 1.165) is 16.6 Å². The monoisotopic (exact) mass is 376 g/mol.